The summed E-state index contributed by atoms with van der Waals surface area (Å²) >= 11 is 0. The standard InChI is InChI=1S/C21H21NO5/c1-13-17-8-7-16(26-3)10-19(17)27-21(24)18(13)11-20(23)22-12-14-5-4-6-15(9-14)25-2/h4-10H,11-12H2,1-3H3,(H,22,23). The lowest BCUT2D eigenvalue weighted by Gasteiger charge is -2.10. The SMILES string of the molecule is COc1cccc(CNC(=O)Cc2c(C)c3ccc(OC)cc3oc2=O)c1. The number of nitrogens with one attached hydrogen (secondary N) is 1. The first-order chi connectivity index (χ1) is 13.0. The van der Waals surface area contributed by atoms with Crippen molar-refractivity contribution >= 4 is 16.9 Å². The van der Waals surface area contributed by atoms with Gasteiger partial charge >= 0.3 is 5.63 Å². The summed E-state index contributed by atoms with van der Waals surface area (Å²) in [5.74, 6) is 1.08. The van der Waals surface area contributed by atoms with Crippen molar-refractivity contribution in [2.45, 2.75) is 19.9 Å². The smallest absolute Gasteiger partial charge is 0.340 e. The highest BCUT2D eigenvalue weighted by Gasteiger charge is 2.15. The molecule has 0 radical (unpaired) electrons. The number of amides is 1. The molecule has 0 spiro atoms. The fourth-order valence-corrected chi connectivity index (χ4v) is 2.91. The number of hydrogen-bond donors (Lipinski definition) is 1. The Balaban J connectivity index is 1.77. The molecule has 0 aliphatic heterocycles. The molecule has 0 fully saturated rings. The van der Waals surface area contributed by atoms with Gasteiger partial charge < -0.3 is 19.2 Å². The molecule has 0 unspecified atom stereocenters. The van der Waals surface area contributed by atoms with Gasteiger partial charge in [-0.05, 0) is 42.3 Å². The van der Waals surface area contributed by atoms with Crippen LogP contribution in [0.3, 0.4) is 0 Å². The van der Waals surface area contributed by atoms with Crippen molar-refractivity contribution in [1.29, 1.82) is 0 Å². The van der Waals surface area contributed by atoms with Gasteiger partial charge in [-0.2, -0.15) is 0 Å². The Morgan fingerprint density at radius 2 is 1.81 bits per heavy atom. The van der Waals surface area contributed by atoms with Crippen molar-refractivity contribution in [3.63, 3.8) is 0 Å². The zero-order chi connectivity index (χ0) is 19.4. The molecule has 1 N–H and O–H groups in total. The fourth-order valence-electron chi connectivity index (χ4n) is 2.91. The average Bonchev–Trinajstić information content (AvgIpc) is 2.69. The normalized spacial score (nSPS) is 10.6. The molecule has 1 heterocycles. The van der Waals surface area contributed by atoms with Crippen LogP contribution in [-0.2, 0) is 17.8 Å². The molecule has 0 saturated heterocycles. The first-order valence-corrected chi connectivity index (χ1v) is 8.51. The minimum atomic E-state index is -0.509. The van der Waals surface area contributed by atoms with Gasteiger partial charge in [-0.25, -0.2) is 4.79 Å². The third-order valence-electron chi connectivity index (χ3n) is 4.46. The lowest BCUT2D eigenvalue weighted by molar-refractivity contribution is -0.120. The van der Waals surface area contributed by atoms with E-state index in [4.69, 9.17) is 13.9 Å². The molecule has 140 valence electrons. The molecule has 1 aromatic heterocycles. The Morgan fingerprint density at radius 1 is 1.07 bits per heavy atom. The van der Waals surface area contributed by atoms with Gasteiger partial charge in [0.05, 0.1) is 26.2 Å². The third kappa shape index (κ3) is 4.11. The Labute approximate surface area is 156 Å². The van der Waals surface area contributed by atoms with Gasteiger partial charge in [0.1, 0.15) is 17.1 Å². The van der Waals surface area contributed by atoms with Crippen LogP contribution in [0.25, 0.3) is 11.0 Å². The Kier molecular flexibility index (Phi) is 5.45. The van der Waals surface area contributed by atoms with E-state index in [9.17, 15) is 9.59 Å². The van der Waals surface area contributed by atoms with Gasteiger partial charge in [0.2, 0.25) is 5.91 Å². The van der Waals surface area contributed by atoms with Gasteiger partial charge in [-0.1, -0.05) is 12.1 Å². The number of carbonyl (C=O) groups excluding carboxylic acids is 1. The topological polar surface area (TPSA) is 77.8 Å². The van der Waals surface area contributed by atoms with Crippen LogP contribution in [0.15, 0.2) is 51.7 Å². The first kappa shape index (κ1) is 18.5. The summed E-state index contributed by atoms with van der Waals surface area (Å²) < 4.78 is 15.7. The number of rotatable bonds is 6. The highest BCUT2D eigenvalue weighted by molar-refractivity contribution is 5.85. The predicted octanol–water partition coefficient (Wildman–Crippen LogP) is 2.98. The van der Waals surface area contributed by atoms with E-state index in [1.807, 2.05) is 37.3 Å². The van der Waals surface area contributed by atoms with Crippen LogP contribution in [0, 0.1) is 6.92 Å². The molecule has 3 aromatic rings. The second-order valence-electron chi connectivity index (χ2n) is 6.16. The van der Waals surface area contributed by atoms with Gasteiger partial charge in [-0.15, -0.1) is 0 Å². The molecular weight excluding hydrogens is 346 g/mol. The lowest BCUT2D eigenvalue weighted by atomic mass is 10.0. The van der Waals surface area contributed by atoms with Gasteiger partial charge in [0.25, 0.3) is 0 Å². The second-order valence-corrected chi connectivity index (χ2v) is 6.16. The lowest BCUT2D eigenvalue weighted by Crippen LogP contribution is -2.27. The largest absolute Gasteiger partial charge is 0.497 e. The molecule has 27 heavy (non-hydrogen) atoms. The Morgan fingerprint density at radius 3 is 2.56 bits per heavy atom. The van der Waals surface area contributed by atoms with Gasteiger partial charge in [0.15, 0.2) is 0 Å². The maximum Gasteiger partial charge on any atom is 0.340 e. The average molecular weight is 367 g/mol. The molecule has 2 aromatic carbocycles. The Hall–Kier alpha value is -3.28. The second kappa shape index (κ2) is 7.95. The van der Waals surface area contributed by atoms with Crippen molar-refractivity contribution in [3.8, 4) is 11.5 Å². The number of aryl methyl sites for hydroxylation is 1. The molecular formula is C21H21NO5. The molecule has 1 amide bonds. The monoisotopic (exact) mass is 367 g/mol. The van der Waals surface area contributed by atoms with Crippen LogP contribution in [0.4, 0.5) is 0 Å². The van der Waals surface area contributed by atoms with E-state index < -0.39 is 5.63 Å². The van der Waals surface area contributed by atoms with E-state index in [1.54, 1.807) is 26.4 Å². The molecule has 6 heteroatoms. The highest BCUT2D eigenvalue weighted by Crippen LogP contribution is 2.24. The maximum absolute atomic E-state index is 12.3. The van der Waals surface area contributed by atoms with E-state index in [2.05, 4.69) is 5.32 Å². The fraction of sp³-hybridized carbons (Fsp3) is 0.238. The zero-order valence-corrected chi connectivity index (χ0v) is 15.5. The molecule has 0 saturated carbocycles. The summed E-state index contributed by atoms with van der Waals surface area (Å²) in [5.41, 5.74) is 1.94. The summed E-state index contributed by atoms with van der Waals surface area (Å²) in [6, 6.07) is 12.7. The van der Waals surface area contributed by atoms with Crippen molar-refractivity contribution in [1.82, 2.24) is 5.32 Å². The molecule has 0 atom stereocenters. The van der Waals surface area contributed by atoms with Crippen LogP contribution >= 0.6 is 0 Å². The summed E-state index contributed by atoms with van der Waals surface area (Å²) in [4.78, 5) is 24.7. The van der Waals surface area contributed by atoms with Crippen molar-refractivity contribution < 1.29 is 18.7 Å². The van der Waals surface area contributed by atoms with E-state index in [1.165, 1.54) is 0 Å². The van der Waals surface area contributed by atoms with E-state index in [0.29, 0.717) is 23.4 Å². The number of ether oxygens (including phenoxy) is 2. The minimum absolute atomic E-state index is 0.0416. The molecule has 0 aliphatic rings. The van der Waals surface area contributed by atoms with Crippen LogP contribution in [0.2, 0.25) is 0 Å². The number of hydrogen-bond acceptors (Lipinski definition) is 5. The Bertz CT molecular complexity index is 1040. The number of benzene rings is 2. The van der Waals surface area contributed by atoms with Crippen molar-refractivity contribution in [2.24, 2.45) is 0 Å². The predicted molar refractivity (Wildman–Crippen MR) is 102 cm³/mol. The van der Waals surface area contributed by atoms with Crippen molar-refractivity contribution in [2.75, 3.05) is 14.2 Å². The summed E-state index contributed by atoms with van der Waals surface area (Å²) in [6.45, 7) is 2.17. The quantitative estimate of drug-likeness (QED) is 0.678. The van der Waals surface area contributed by atoms with E-state index >= 15 is 0 Å². The molecule has 0 bridgehead atoms. The van der Waals surface area contributed by atoms with Gasteiger partial charge in [0, 0.05) is 18.0 Å². The molecule has 6 nitrogen and oxygen atoms in total. The number of methoxy groups -OCH3 is 2. The van der Waals surface area contributed by atoms with E-state index in [-0.39, 0.29) is 12.3 Å². The summed E-state index contributed by atoms with van der Waals surface area (Å²) in [6.07, 6.45) is -0.0416. The molecule has 0 aliphatic carbocycles. The number of fused-ring (bicyclic) bond motifs is 1. The van der Waals surface area contributed by atoms with Crippen LogP contribution in [-0.4, -0.2) is 20.1 Å². The minimum Gasteiger partial charge on any atom is -0.497 e. The van der Waals surface area contributed by atoms with Gasteiger partial charge in [-0.3, -0.25) is 4.79 Å². The van der Waals surface area contributed by atoms with Crippen LogP contribution in [0.1, 0.15) is 16.7 Å². The highest BCUT2D eigenvalue weighted by atomic mass is 16.5. The van der Waals surface area contributed by atoms with Crippen molar-refractivity contribution in [3.05, 3.63) is 69.6 Å². The van der Waals surface area contributed by atoms with Crippen LogP contribution < -0.4 is 20.4 Å². The van der Waals surface area contributed by atoms with E-state index in [0.717, 1.165) is 22.3 Å². The first-order valence-electron chi connectivity index (χ1n) is 8.51. The number of carbonyl (C=O) groups is 1. The maximum atomic E-state index is 12.3. The van der Waals surface area contributed by atoms with Crippen LogP contribution in [0.5, 0.6) is 11.5 Å². The third-order valence-corrected chi connectivity index (χ3v) is 4.46. The molecule has 3 rings (SSSR count). The summed E-state index contributed by atoms with van der Waals surface area (Å²) in [7, 11) is 3.14. The summed E-state index contributed by atoms with van der Waals surface area (Å²) in [5, 5.41) is 3.61. The zero-order valence-electron chi connectivity index (χ0n) is 15.5.